The molecular weight excluding hydrogens is 302 g/mol. The van der Waals surface area contributed by atoms with E-state index in [1.807, 2.05) is 0 Å². The zero-order chi connectivity index (χ0) is 15.7. The number of aromatic carboxylic acids is 1. The van der Waals surface area contributed by atoms with Gasteiger partial charge in [-0.3, -0.25) is 0 Å². The summed E-state index contributed by atoms with van der Waals surface area (Å²) in [4.78, 5) is 10.7. The van der Waals surface area contributed by atoms with E-state index in [-0.39, 0.29) is 12.1 Å². The molecule has 0 heterocycles. The van der Waals surface area contributed by atoms with Gasteiger partial charge in [-0.25, -0.2) is 4.79 Å². The lowest BCUT2D eigenvalue weighted by Gasteiger charge is -2.15. The molecule has 0 atom stereocenters. The Morgan fingerprint density at radius 2 is 1.50 bits per heavy atom. The summed E-state index contributed by atoms with van der Waals surface area (Å²) in [6, 6.07) is 0.240. The number of aromatic hydroxyl groups is 1. The molecular formula is C9H4F6O5. The van der Waals surface area contributed by atoms with Crippen LogP contribution in [0.4, 0.5) is 26.3 Å². The van der Waals surface area contributed by atoms with Crippen molar-refractivity contribution in [3.8, 4) is 17.2 Å². The van der Waals surface area contributed by atoms with Gasteiger partial charge in [0.15, 0.2) is 5.75 Å². The number of alkyl halides is 6. The van der Waals surface area contributed by atoms with Crippen LogP contribution in [-0.2, 0) is 0 Å². The van der Waals surface area contributed by atoms with E-state index >= 15 is 0 Å². The number of rotatable bonds is 3. The molecule has 0 radical (unpaired) electrons. The highest BCUT2D eigenvalue weighted by atomic mass is 19.4. The van der Waals surface area contributed by atoms with Crippen LogP contribution in [0.15, 0.2) is 12.1 Å². The number of carbonyl (C=O) groups is 1. The van der Waals surface area contributed by atoms with Crippen LogP contribution in [0.3, 0.4) is 0 Å². The number of hydrogen-bond acceptors (Lipinski definition) is 4. The molecule has 0 spiro atoms. The van der Waals surface area contributed by atoms with Crippen molar-refractivity contribution >= 4 is 5.97 Å². The molecule has 5 nitrogen and oxygen atoms in total. The summed E-state index contributed by atoms with van der Waals surface area (Å²) in [5.41, 5.74) is -1.35. The van der Waals surface area contributed by atoms with Gasteiger partial charge in [-0.05, 0) is 0 Å². The van der Waals surface area contributed by atoms with Crippen molar-refractivity contribution in [1.29, 1.82) is 0 Å². The molecule has 0 saturated carbocycles. The number of phenols is 1. The Morgan fingerprint density at radius 1 is 1.00 bits per heavy atom. The van der Waals surface area contributed by atoms with Crippen LogP contribution >= 0.6 is 0 Å². The highest BCUT2D eigenvalue weighted by Crippen LogP contribution is 2.38. The fourth-order valence-electron chi connectivity index (χ4n) is 1.19. The van der Waals surface area contributed by atoms with Gasteiger partial charge in [0, 0.05) is 12.1 Å². The van der Waals surface area contributed by atoms with Crippen molar-refractivity contribution in [3.05, 3.63) is 17.7 Å². The second-order valence-electron chi connectivity index (χ2n) is 3.22. The maximum Gasteiger partial charge on any atom is 0.573 e. The predicted molar refractivity (Wildman–Crippen MR) is 48.4 cm³/mol. The van der Waals surface area contributed by atoms with Gasteiger partial charge in [0.25, 0.3) is 0 Å². The van der Waals surface area contributed by atoms with Crippen molar-refractivity contribution in [3.63, 3.8) is 0 Å². The van der Waals surface area contributed by atoms with Crippen LogP contribution in [0.5, 0.6) is 17.2 Å². The molecule has 1 aromatic carbocycles. The van der Waals surface area contributed by atoms with E-state index in [0.717, 1.165) is 0 Å². The van der Waals surface area contributed by atoms with Crippen molar-refractivity contribution in [2.45, 2.75) is 12.7 Å². The molecule has 0 bridgehead atoms. The summed E-state index contributed by atoms with van der Waals surface area (Å²) in [6.07, 6.45) is -10.6. The van der Waals surface area contributed by atoms with Crippen LogP contribution < -0.4 is 9.47 Å². The summed E-state index contributed by atoms with van der Waals surface area (Å²) in [5, 5.41) is 17.8. The smallest absolute Gasteiger partial charge is 0.507 e. The number of benzene rings is 1. The van der Waals surface area contributed by atoms with Gasteiger partial charge in [-0.15, -0.1) is 26.3 Å². The summed E-state index contributed by atoms with van der Waals surface area (Å²) in [6.45, 7) is 0. The molecule has 0 aromatic heterocycles. The molecule has 0 aliphatic carbocycles. The number of carboxylic acids is 1. The Labute approximate surface area is 105 Å². The standard InChI is InChI=1S/C9H4F6O5/c10-8(11,12)19-3-1-4(16)6(7(17)18)5(2-3)20-9(13,14)15/h1-2,16H,(H,17,18). The minimum atomic E-state index is -5.37. The summed E-state index contributed by atoms with van der Waals surface area (Å²) in [5.74, 6) is -6.21. The molecule has 0 unspecified atom stereocenters. The first-order valence-corrected chi connectivity index (χ1v) is 4.51. The Balaban J connectivity index is 3.32. The molecule has 11 heteroatoms. The first kappa shape index (κ1) is 15.7. The number of hydrogen-bond donors (Lipinski definition) is 2. The Morgan fingerprint density at radius 3 is 1.90 bits per heavy atom. The largest absolute Gasteiger partial charge is 0.573 e. The third-order valence-corrected chi connectivity index (χ3v) is 1.73. The highest BCUT2D eigenvalue weighted by Gasteiger charge is 2.36. The van der Waals surface area contributed by atoms with Gasteiger partial charge in [-0.2, -0.15) is 0 Å². The van der Waals surface area contributed by atoms with Crippen LogP contribution in [0.1, 0.15) is 10.4 Å². The summed E-state index contributed by atoms with van der Waals surface area (Å²) >= 11 is 0. The molecule has 112 valence electrons. The Kier molecular flexibility index (Phi) is 3.92. The minimum Gasteiger partial charge on any atom is -0.507 e. The molecule has 20 heavy (non-hydrogen) atoms. The van der Waals surface area contributed by atoms with Crippen molar-refractivity contribution < 1.29 is 50.8 Å². The van der Waals surface area contributed by atoms with E-state index in [2.05, 4.69) is 9.47 Å². The lowest BCUT2D eigenvalue weighted by molar-refractivity contribution is -0.276. The molecule has 0 amide bonds. The zero-order valence-corrected chi connectivity index (χ0v) is 9.04. The second-order valence-corrected chi connectivity index (χ2v) is 3.22. The molecule has 0 aliphatic rings. The van der Waals surface area contributed by atoms with Gasteiger partial charge in [0.05, 0.1) is 0 Å². The molecule has 0 saturated heterocycles. The van der Waals surface area contributed by atoms with Gasteiger partial charge in [0.2, 0.25) is 0 Å². The molecule has 1 aromatic rings. The molecule has 0 aliphatic heterocycles. The van der Waals surface area contributed by atoms with Crippen LogP contribution in [0.25, 0.3) is 0 Å². The molecule has 0 fully saturated rings. The lowest BCUT2D eigenvalue weighted by Crippen LogP contribution is -2.20. The fourth-order valence-corrected chi connectivity index (χ4v) is 1.19. The highest BCUT2D eigenvalue weighted by molar-refractivity contribution is 5.94. The van der Waals surface area contributed by atoms with Gasteiger partial charge in [-0.1, -0.05) is 0 Å². The molecule has 2 N–H and O–H groups in total. The van der Waals surface area contributed by atoms with Crippen molar-refractivity contribution in [2.75, 3.05) is 0 Å². The Bertz CT molecular complexity index is 521. The zero-order valence-electron chi connectivity index (χ0n) is 9.04. The predicted octanol–water partition coefficient (Wildman–Crippen LogP) is 2.89. The monoisotopic (exact) mass is 306 g/mol. The third-order valence-electron chi connectivity index (χ3n) is 1.73. The lowest BCUT2D eigenvalue weighted by atomic mass is 10.1. The van der Waals surface area contributed by atoms with E-state index in [4.69, 9.17) is 10.2 Å². The maximum atomic E-state index is 12.0. The van der Waals surface area contributed by atoms with Gasteiger partial charge in [0.1, 0.15) is 17.1 Å². The van der Waals surface area contributed by atoms with E-state index in [1.165, 1.54) is 0 Å². The molecule has 1 rings (SSSR count). The third kappa shape index (κ3) is 4.40. The van der Waals surface area contributed by atoms with Crippen LogP contribution in [0.2, 0.25) is 0 Å². The summed E-state index contributed by atoms with van der Waals surface area (Å²) < 4.78 is 78.3. The SMILES string of the molecule is O=C(O)c1c(O)cc(OC(F)(F)F)cc1OC(F)(F)F. The topological polar surface area (TPSA) is 76.0 Å². The maximum absolute atomic E-state index is 12.0. The van der Waals surface area contributed by atoms with E-state index < -0.39 is 41.5 Å². The van der Waals surface area contributed by atoms with Crippen molar-refractivity contribution in [2.24, 2.45) is 0 Å². The van der Waals surface area contributed by atoms with Gasteiger partial charge >= 0.3 is 18.7 Å². The second kappa shape index (κ2) is 4.98. The number of ether oxygens (including phenoxy) is 2. The summed E-state index contributed by atoms with van der Waals surface area (Å²) in [7, 11) is 0. The van der Waals surface area contributed by atoms with Crippen LogP contribution in [0, 0.1) is 0 Å². The first-order chi connectivity index (χ1) is 8.89. The van der Waals surface area contributed by atoms with E-state index in [1.54, 1.807) is 0 Å². The number of halogens is 6. The van der Waals surface area contributed by atoms with E-state index in [9.17, 15) is 31.1 Å². The quantitative estimate of drug-likeness (QED) is 0.840. The van der Waals surface area contributed by atoms with E-state index in [0.29, 0.717) is 0 Å². The van der Waals surface area contributed by atoms with Crippen LogP contribution in [-0.4, -0.2) is 28.9 Å². The first-order valence-electron chi connectivity index (χ1n) is 4.51. The van der Waals surface area contributed by atoms with Crippen molar-refractivity contribution in [1.82, 2.24) is 0 Å². The Hall–Kier alpha value is -2.33. The average molecular weight is 306 g/mol. The normalized spacial score (nSPS) is 12.1. The fraction of sp³-hybridized carbons (Fsp3) is 0.222. The number of carboxylic acid groups (broad SMARTS) is 1. The minimum absolute atomic E-state index is 0.0458. The average Bonchev–Trinajstić information content (AvgIpc) is 2.08. The van der Waals surface area contributed by atoms with Gasteiger partial charge < -0.3 is 19.7 Å².